The number of rotatable bonds is 6. The maximum absolute atomic E-state index is 9.38. The third kappa shape index (κ3) is 3.52. The van der Waals surface area contributed by atoms with Gasteiger partial charge in [-0.2, -0.15) is 10.2 Å². The van der Waals surface area contributed by atoms with Gasteiger partial charge in [0, 0.05) is 11.4 Å². The number of aromatic nitrogens is 1. The molecule has 0 bridgehead atoms. The Balaban J connectivity index is 1.53. The summed E-state index contributed by atoms with van der Waals surface area (Å²) in [7, 11) is 0. The Labute approximate surface area is 156 Å². The number of nitrogens with one attached hydrogen (secondary N) is 1. The van der Waals surface area contributed by atoms with Gasteiger partial charge in [0.1, 0.15) is 6.07 Å². The van der Waals surface area contributed by atoms with Crippen LogP contribution < -0.4 is 5.32 Å². The van der Waals surface area contributed by atoms with Gasteiger partial charge in [-0.3, -0.25) is 4.90 Å². The van der Waals surface area contributed by atoms with Crippen molar-refractivity contribution in [1.29, 1.82) is 5.26 Å². The second-order valence-electron chi connectivity index (χ2n) is 6.29. The maximum Gasteiger partial charge on any atom is 0.266 e. The second-order valence-corrected chi connectivity index (χ2v) is 7.27. The molecule has 0 amide bonds. The smallest absolute Gasteiger partial charge is 0.266 e. The van der Waals surface area contributed by atoms with Crippen molar-refractivity contribution in [3.8, 4) is 17.7 Å². The molecule has 0 radical (unpaired) electrons. The molecule has 4 rings (SSSR count). The molecule has 1 fully saturated rings. The van der Waals surface area contributed by atoms with Gasteiger partial charge in [-0.1, -0.05) is 12.5 Å². The minimum absolute atomic E-state index is 0.250. The second kappa shape index (κ2) is 7.77. The molecule has 3 aromatic rings. The molecule has 134 valence electrons. The van der Waals surface area contributed by atoms with Gasteiger partial charge in [-0.05, 0) is 49.5 Å². The molecule has 0 aromatic carbocycles. The highest BCUT2D eigenvalue weighted by atomic mass is 32.1. The van der Waals surface area contributed by atoms with E-state index in [2.05, 4.69) is 38.8 Å². The third-order valence-electron chi connectivity index (χ3n) is 4.62. The van der Waals surface area contributed by atoms with E-state index in [1.165, 1.54) is 24.1 Å². The fourth-order valence-corrected chi connectivity index (χ4v) is 4.19. The van der Waals surface area contributed by atoms with Gasteiger partial charge in [-0.15, -0.1) is 11.3 Å². The summed E-state index contributed by atoms with van der Waals surface area (Å²) in [6.45, 7) is 2.87. The highest BCUT2D eigenvalue weighted by molar-refractivity contribution is 7.10. The Morgan fingerprint density at radius 2 is 2.15 bits per heavy atom. The van der Waals surface area contributed by atoms with Crippen molar-refractivity contribution in [3.05, 3.63) is 46.5 Å². The lowest BCUT2D eigenvalue weighted by molar-refractivity contribution is 0.172. The number of oxazole rings is 1. The Bertz CT molecular complexity index is 858. The molecule has 1 atom stereocenters. The zero-order chi connectivity index (χ0) is 17.8. The highest BCUT2D eigenvalue weighted by Crippen LogP contribution is 2.30. The molecule has 3 aromatic heterocycles. The summed E-state index contributed by atoms with van der Waals surface area (Å²) in [5.74, 6) is 1.23. The molecule has 4 heterocycles. The van der Waals surface area contributed by atoms with E-state index in [-0.39, 0.29) is 11.7 Å². The van der Waals surface area contributed by atoms with E-state index in [0.717, 1.165) is 13.1 Å². The molecule has 1 N–H and O–H groups in total. The van der Waals surface area contributed by atoms with E-state index >= 15 is 0 Å². The topological polar surface area (TPSA) is 78.2 Å². The number of furan rings is 1. The minimum atomic E-state index is 0.250. The van der Waals surface area contributed by atoms with E-state index < -0.39 is 0 Å². The molecule has 1 aliphatic heterocycles. The first-order valence-corrected chi connectivity index (χ1v) is 9.69. The number of likely N-dealkylation sites (tertiary alicyclic amines) is 1. The summed E-state index contributed by atoms with van der Waals surface area (Å²) in [6.07, 6.45) is 5.32. The van der Waals surface area contributed by atoms with Crippen LogP contribution in [0.2, 0.25) is 0 Å². The fraction of sp³-hybridized carbons (Fsp3) is 0.368. The van der Waals surface area contributed by atoms with Gasteiger partial charge >= 0.3 is 0 Å². The van der Waals surface area contributed by atoms with E-state index in [4.69, 9.17) is 8.83 Å². The molecule has 0 spiro atoms. The van der Waals surface area contributed by atoms with Gasteiger partial charge in [0.05, 0.1) is 12.3 Å². The SMILES string of the molecule is N#Cc1nc(-c2ccco2)oc1NC[C@H](c1cccs1)N1CCCCC1. The van der Waals surface area contributed by atoms with Crippen LogP contribution in [0, 0.1) is 11.3 Å². The predicted molar refractivity (Wildman–Crippen MR) is 99.9 cm³/mol. The van der Waals surface area contributed by atoms with Crippen LogP contribution in [-0.2, 0) is 0 Å². The van der Waals surface area contributed by atoms with Crippen molar-refractivity contribution in [2.75, 3.05) is 25.0 Å². The van der Waals surface area contributed by atoms with Crippen molar-refractivity contribution < 1.29 is 8.83 Å². The number of thiophene rings is 1. The van der Waals surface area contributed by atoms with Crippen LogP contribution in [0.25, 0.3) is 11.7 Å². The number of anilines is 1. The summed E-state index contributed by atoms with van der Waals surface area (Å²) in [5.41, 5.74) is 0.250. The summed E-state index contributed by atoms with van der Waals surface area (Å²) >= 11 is 1.77. The largest absolute Gasteiger partial charge is 0.459 e. The van der Waals surface area contributed by atoms with E-state index in [9.17, 15) is 5.26 Å². The van der Waals surface area contributed by atoms with Crippen LogP contribution in [0.1, 0.15) is 35.9 Å². The molecule has 7 heteroatoms. The quantitative estimate of drug-likeness (QED) is 0.690. The molecule has 1 aliphatic rings. The average molecular weight is 368 g/mol. The van der Waals surface area contributed by atoms with Crippen molar-refractivity contribution >= 4 is 17.2 Å². The first kappa shape index (κ1) is 16.9. The van der Waals surface area contributed by atoms with Gasteiger partial charge in [0.25, 0.3) is 5.89 Å². The average Bonchev–Trinajstić information content (AvgIpc) is 3.44. The number of nitrogens with zero attached hydrogens (tertiary/aromatic N) is 3. The van der Waals surface area contributed by atoms with Crippen LogP contribution in [0.15, 0.2) is 44.7 Å². The molecule has 1 saturated heterocycles. The van der Waals surface area contributed by atoms with E-state index in [1.807, 2.05) is 0 Å². The van der Waals surface area contributed by atoms with Crippen LogP contribution in [-0.4, -0.2) is 29.5 Å². The van der Waals surface area contributed by atoms with Crippen molar-refractivity contribution in [3.63, 3.8) is 0 Å². The predicted octanol–water partition coefficient (Wildman–Crippen LogP) is 4.51. The first-order chi connectivity index (χ1) is 12.8. The standard InChI is InChI=1S/C19H20N4O2S/c20-12-14-18(25-19(22-14)16-6-4-10-24-16)21-13-15(17-7-5-11-26-17)23-8-2-1-3-9-23/h4-7,10-11,15,21H,1-3,8-9,13H2/t15-/m1/s1. The molecule has 26 heavy (non-hydrogen) atoms. The van der Waals surface area contributed by atoms with Crippen LogP contribution in [0.4, 0.5) is 5.88 Å². The lowest BCUT2D eigenvalue weighted by Crippen LogP contribution is -2.36. The molecular formula is C19H20N4O2S. The minimum Gasteiger partial charge on any atom is -0.459 e. The zero-order valence-corrected chi connectivity index (χ0v) is 15.2. The van der Waals surface area contributed by atoms with E-state index in [1.54, 1.807) is 29.7 Å². The van der Waals surface area contributed by atoms with Crippen molar-refractivity contribution in [2.24, 2.45) is 0 Å². The van der Waals surface area contributed by atoms with Crippen molar-refractivity contribution in [1.82, 2.24) is 9.88 Å². The first-order valence-electron chi connectivity index (χ1n) is 8.81. The van der Waals surface area contributed by atoms with Crippen LogP contribution in [0.5, 0.6) is 0 Å². The Kier molecular flexibility index (Phi) is 5.04. The van der Waals surface area contributed by atoms with Gasteiger partial charge in [-0.25, -0.2) is 0 Å². The van der Waals surface area contributed by atoms with Crippen LogP contribution >= 0.6 is 11.3 Å². The van der Waals surface area contributed by atoms with Gasteiger partial charge in [0.15, 0.2) is 5.76 Å². The third-order valence-corrected chi connectivity index (χ3v) is 5.60. The summed E-state index contributed by atoms with van der Waals surface area (Å²) in [5, 5.41) is 14.8. The normalized spacial score (nSPS) is 16.3. The Morgan fingerprint density at radius 3 is 2.85 bits per heavy atom. The molecule has 0 saturated carbocycles. The molecular weight excluding hydrogens is 348 g/mol. The number of nitriles is 1. The van der Waals surface area contributed by atoms with Crippen LogP contribution in [0.3, 0.4) is 0 Å². The van der Waals surface area contributed by atoms with Crippen molar-refractivity contribution in [2.45, 2.75) is 25.3 Å². The molecule has 0 aliphatic carbocycles. The lowest BCUT2D eigenvalue weighted by Gasteiger charge is -2.34. The molecule has 0 unspecified atom stereocenters. The Morgan fingerprint density at radius 1 is 1.27 bits per heavy atom. The Hall–Kier alpha value is -2.56. The highest BCUT2D eigenvalue weighted by Gasteiger charge is 2.24. The number of piperidine rings is 1. The summed E-state index contributed by atoms with van der Waals surface area (Å²) < 4.78 is 11.1. The lowest BCUT2D eigenvalue weighted by atomic mass is 10.1. The summed E-state index contributed by atoms with van der Waals surface area (Å²) in [4.78, 5) is 8.06. The summed E-state index contributed by atoms with van der Waals surface area (Å²) in [6, 6.07) is 10.1. The van der Waals surface area contributed by atoms with Gasteiger partial charge < -0.3 is 14.2 Å². The zero-order valence-electron chi connectivity index (χ0n) is 14.4. The molecule has 6 nitrogen and oxygen atoms in total. The number of hydrogen-bond acceptors (Lipinski definition) is 7. The number of hydrogen-bond donors (Lipinski definition) is 1. The maximum atomic E-state index is 9.38. The fourth-order valence-electron chi connectivity index (χ4n) is 3.33. The van der Waals surface area contributed by atoms with E-state index in [0.29, 0.717) is 24.1 Å². The monoisotopic (exact) mass is 368 g/mol. The van der Waals surface area contributed by atoms with Gasteiger partial charge in [0.2, 0.25) is 11.6 Å².